The van der Waals surface area contributed by atoms with Crippen molar-refractivity contribution in [3.63, 3.8) is 0 Å². The number of nitro benzene ring substituents is 1. The first kappa shape index (κ1) is 35.7. The largest absolute Gasteiger partial charge is 0.444 e. The maximum atomic E-state index is 13.6. The number of ether oxygens (including phenoxy) is 1. The Balaban J connectivity index is 3.26. The Morgan fingerprint density at radius 2 is 1.68 bits per heavy atom. The average molecular weight is 600 g/mol. The van der Waals surface area contributed by atoms with E-state index in [1.165, 1.54) is 24.3 Å². The van der Waals surface area contributed by atoms with Gasteiger partial charge in [-0.05, 0) is 56.3 Å². The topological polar surface area (TPSA) is 128 Å². The number of rotatable bonds is 16. The van der Waals surface area contributed by atoms with Crippen molar-refractivity contribution in [2.24, 2.45) is 0 Å². The molecule has 1 N–H and O–H groups in total. The van der Waals surface area contributed by atoms with Crippen LogP contribution in [0.3, 0.4) is 0 Å². The van der Waals surface area contributed by atoms with E-state index in [1.54, 1.807) is 20.8 Å². The van der Waals surface area contributed by atoms with E-state index in [1.807, 2.05) is 0 Å². The van der Waals surface area contributed by atoms with Crippen LogP contribution in [0.4, 0.5) is 10.5 Å². The first-order valence-corrected chi connectivity index (χ1v) is 17.5. The predicted octanol–water partition coefficient (Wildman–Crippen LogP) is 6.64. The molecule has 0 saturated carbocycles. The molecule has 0 saturated heterocycles. The van der Waals surface area contributed by atoms with Gasteiger partial charge in [0.05, 0.1) is 4.92 Å². The van der Waals surface area contributed by atoms with Gasteiger partial charge in [-0.3, -0.25) is 10.1 Å². The van der Waals surface area contributed by atoms with E-state index in [-0.39, 0.29) is 13.1 Å². The average Bonchev–Trinajstić information content (AvgIpc) is 2.81. The molecule has 1 aromatic carbocycles. The summed E-state index contributed by atoms with van der Waals surface area (Å²) in [5, 5.41) is 14.4. The zero-order chi connectivity index (χ0) is 30.9. The minimum absolute atomic E-state index is 0.0958. The van der Waals surface area contributed by atoms with E-state index >= 15 is 0 Å². The third kappa shape index (κ3) is 9.67. The van der Waals surface area contributed by atoms with Crippen molar-refractivity contribution in [2.45, 2.75) is 108 Å². The monoisotopic (exact) mass is 599 g/mol. The highest BCUT2D eigenvalue weighted by Crippen LogP contribution is 2.42. The van der Waals surface area contributed by atoms with Crippen LogP contribution in [0.1, 0.15) is 75.2 Å². The van der Waals surface area contributed by atoms with Gasteiger partial charge in [-0.2, -0.15) is 4.31 Å². The van der Waals surface area contributed by atoms with Crippen molar-refractivity contribution in [2.75, 3.05) is 19.7 Å². The standard InChI is InChI=1S/C28H49N3O7SSi/c1-11-18-30(39(35,36)26-17-13-12-16-25(26)31(33)34)20-24(29-27(32)38-28(8,9)10)15-14-19-37-40(21(2)3,22(4)5)23(6)7/h11-13,16-17,21-24H,1,14-15,18-20H2,2-10H3,(H,29,32)/t24-/m1/s1. The molecule has 1 amide bonds. The molecule has 10 nitrogen and oxygen atoms in total. The number of nitrogens with one attached hydrogen (secondary N) is 1. The molecule has 228 valence electrons. The maximum Gasteiger partial charge on any atom is 0.407 e. The minimum atomic E-state index is -4.29. The van der Waals surface area contributed by atoms with Crippen molar-refractivity contribution in [1.82, 2.24) is 9.62 Å². The number of alkyl carbamates (subject to hydrolysis) is 1. The zero-order valence-corrected chi connectivity index (χ0v) is 27.4. The number of nitrogens with zero attached hydrogens (tertiary/aromatic N) is 2. The number of para-hydroxylation sites is 1. The van der Waals surface area contributed by atoms with Crippen molar-refractivity contribution >= 4 is 30.1 Å². The quantitative estimate of drug-likeness (QED) is 0.0742. The third-order valence-electron chi connectivity index (χ3n) is 6.91. The number of benzene rings is 1. The lowest BCUT2D eigenvalue weighted by molar-refractivity contribution is -0.387. The van der Waals surface area contributed by atoms with E-state index in [4.69, 9.17) is 9.16 Å². The Bertz CT molecular complexity index is 1080. The minimum Gasteiger partial charge on any atom is -0.444 e. The summed E-state index contributed by atoms with van der Waals surface area (Å²) in [6, 6.07) is 4.58. The van der Waals surface area contributed by atoms with Gasteiger partial charge < -0.3 is 14.5 Å². The Hall–Kier alpha value is -2.28. The molecule has 0 heterocycles. The van der Waals surface area contributed by atoms with E-state index in [0.717, 1.165) is 10.4 Å². The first-order chi connectivity index (χ1) is 18.4. The summed E-state index contributed by atoms with van der Waals surface area (Å²) in [4.78, 5) is 23.1. The van der Waals surface area contributed by atoms with Gasteiger partial charge in [0.2, 0.25) is 10.0 Å². The molecule has 0 aliphatic heterocycles. The summed E-state index contributed by atoms with van der Waals surface area (Å²) in [7, 11) is -6.38. The number of carbonyl (C=O) groups is 1. The molecule has 0 aromatic heterocycles. The molecule has 0 bridgehead atoms. The molecule has 0 aliphatic rings. The number of hydrogen-bond donors (Lipinski definition) is 1. The van der Waals surface area contributed by atoms with E-state index in [0.29, 0.717) is 36.1 Å². The SMILES string of the molecule is C=CCN(C[C@@H](CCCO[Si](C(C)C)(C(C)C)C(C)C)NC(=O)OC(C)(C)C)S(=O)(=O)c1ccccc1[N+](=O)[O-]. The van der Waals surface area contributed by atoms with E-state index in [9.17, 15) is 23.3 Å². The van der Waals surface area contributed by atoms with Gasteiger partial charge in [0.25, 0.3) is 5.69 Å². The van der Waals surface area contributed by atoms with Crippen molar-refractivity contribution in [1.29, 1.82) is 0 Å². The second-order valence-electron chi connectivity index (χ2n) is 12.0. The van der Waals surface area contributed by atoms with Crippen LogP contribution in [0.5, 0.6) is 0 Å². The maximum absolute atomic E-state index is 13.6. The molecular formula is C28H49N3O7SSi. The van der Waals surface area contributed by atoms with Gasteiger partial charge in [-0.15, -0.1) is 6.58 Å². The summed E-state index contributed by atoms with van der Waals surface area (Å²) >= 11 is 0. The molecule has 1 rings (SSSR count). The Kier molecular flexibility index (Phi) is 13.5. The van der Waals surface area contributed by atoms with Crippen LogP contribution in [0, 0.1) is 10.1 Å². The molecule has 40 heavy (non-hydrogen) atoms. The van der Waals surface area contributed by atoms with Crippen LogP contribution >= 0.6 is 0 Å². The van der Waals surface area contributed by atoms with Crippen LogP contribution in [0.2, 0.25) is 16.6 Å². The van der Waals surface area contributed by atoms with Crippen LogP contribution in [0.15, 0.2) is 41.8 Å². The van der Waals surface area contributed by atoms with Gasteiger partial charge in [-0.25, -0.2) is 13.2 Å². The van der Waals surface area contributed by atoms with Crippen molar-refractivity contribution < 1.29 is 27.3 Å². The number of hydrogen-bond acceptors (Lipinski definition) is 7. The molecule has 0 aliphatic carbocycles. The number of amides is 1. The fourth-order valence-corrected chi connectivity index (χ4v) is 12.5. The molecular weight excluding hydrogens is 550 g/mol. The van der Waals surface area contributed by atoms with E-state index in [2.05, 4.69) is 53.4 Å². The van der Waals surface area contributed by atoms with Crippen LogP contribution < -0.4 is 5.32 Å². The van der Waals surface area contributed by atoms with Crippen LogP contribution in [-0.4, -0.2) is 63.4 Å². The lowest BCUT2D eigenvalue weighted by Gasteiger charge is -2.42. The van der Waals surface area contributed by atoms with Gasteiger partial charge in [0, 0.05) is 31.8 Å². The second-order valence-corrected chi connectivity index (χ2v) is 19.4. The van der Waals surface area contributed by atoms with Gasteiger partial charge in [0.1, 0.15) is 5.60 Å². The summed E-state index contributed by atoms with van der Waals surface area (Å²) in [5.41, 5.74) is -0.0140. The van der Waals surface area contributed by atoms with Crippen LogP contribution in [0.25, 0.3) is 0 Å². The smallest absolute Gasteiger partial charge is 0.407 e. The number of sulfonamides is 1. The Morgan fingerprint density at radius 3 is 2.15 bits per heavy atom. The van der Waals surface area contributed by atoms with Gasteiger partial charge in [-0.1, -0.05) is 59.8 Å². The normalized spacial score (nSPS) is 13.6. The van der Waals surface area contributed by atoms with Crippen molar-refractivity contribution in [3.8, 4) is 0 Å². The number of nitro groups is 1. The highest BCUT2D eigenvalue weighted by atomic mass is 32.2. The third-order valence-corrected chi connectivity index (χ3v) is 14.9. The molecule has 1 atom stereocenters. The molecule has 0 spiro atoms. The van der Waals surface area contributed by atoms with Crippen molar-refractivity contribution in [3.05, 3.63) is 47.0 Å². The fraction of sp³-hybridized carbons (Fsp3) is 0.679. The lowest BCUT2D eigenvalue weighted by atomic mass is 10.1. The Labute approximate surface area is 241 Å². The molecule has 0 unspecified atom stereocenters. The summed E-state index contributed by atoms with van der Waals surface area (Å²) in [5.74, 6) is 0. The first-order valence-electron chi connectivity index (χ1n) is 13.9. The lowest BCUT2D eigenvalue weighted by Crippen LogP contribution is -2.49. The second kappa shape index (κ2) is 15.1. The molecule has 0 radical (unpaired) electrons. The van der Waals surface area contributed by atoms with Crippen LogP contribution in [-0.2, 0) is 19.2 Å². The summed E-state index contributed by atoms with van der Waals surface area (Å²) in [6.07, 6.45) is 1.73. The number of carbonyl (C=O) groups excluding carboxylic acids is 1. The summed E-state index contributed by atoms with van der Waals surface area (Å²) in [6.45, 7) is 22.4. The predicted molar refractivity (Wildman–Crippen MR) is 161 cm³/mol. The van der Waals surface area contributed by atoms with Gasteiger partial charge >= 0.3 is 6.09 Å². The highest BCUT2D eigenvalue weighted by molar-refractivity contribution is 7.89. The molecule has 12 heteroatoms. The van der Waals surface area contributed by atoms with Gasteiger partial charge in [0.15, 0.2) is 13.2 Å². The summed E-state index contributed by atoms with van der Waals surface area (Å²) < 4.78 is 40.4. The highest BCUT2D eigenvalue weighted by Gasteiger charge is 2.45. The fourth-order valence-electron chi connectivity index (χ4n) is 5.39. The molecule has 1 aromatic rings. The Morgan fingerprint density at radius 1 is 1.12 bits per heavy atom. The molecule has 0 fully saturated rings. The van der Waals surface area contributed by atoms with E-state index < -0.39 is 51.6 Å². The zero-order valence-electron chi connectivity index (χ0n) is 25.6.